The van der Waals surface area contributed by atoms with Crippen LogP contribution in [-0.2, 0) is 6.42 Å². The van der Waals surface area contributed by atoms with Crippen LogP contribution in [0.25, 0.3) is 10.1 Å². The Labute approximate surface area is 205 Å². The van der Waals surface area contributed by atoms with E-state index in [4.69, 9.17) is 10.5 Å². The third kappa shape index (κ3) is 5.00. The third-order valence-corrected chi connectivity index (χ3v) is 7.95. The number of unbranched alkanes of at least 4 members (excludes halogenated alkanes) is 1. The summed E-state index contributed by atoms with van der Waals surface area (Å²) in [5, 5.41) is 3.15. The zero-order valence-corrected chi connectivity index (χ0v) is 20.6. The fourth-order valence-electron chi connectivity index (χ4n) is 5.12. The molecule has 2 aliphatic rings. The summed E-state index contributed by atoms with van der Waals surface area (Å²) in [6.07, 6.45) is 5.45. The van der Waals surface area contributed by atoms with E-state index in [1.165, 1.54) is 22.4 Å². The van der Waals surface area contributed by atoms with Gasteiger partial charge in [-0.25, -0.2) is 4.79 Å². The minimum atomic E-state index is -0.374. The van der Waals surface area contributed by atoms with Crippen molar-refractivity contribution in [1.29, 1.82) is 0 Å². The summed E-state index contributed by atoms with van der Waals surface area (Å²) in [5.74, 6) is 1.11. The van der Waals surface area contributed by atoms with Gasteiger partial charge in [-0.15, -0.1) is 11.3 Å². The largest absolute Gasteiger partial charge is 0.491 e. The minimum absolute atomic E-state index is 0.374. The molecule has 3 heterocycles. The number of carbonyl (C=O) groups is 1. The van der Waals surface area contributed by atoms with E-state index >= 15 is 0 Å². The molecular weight excluding hydrogens is 444 g/mol. The topological polar surface area (TPSA) is 62.0 Å². The molecule has 0 unspecified atom stereocenters. The van der Waals surface area contributed by atoms with Gasteiger partial charge in [0.2, 0.25) is 0 Å². The van der Waals surface area contributed by atoms with Crippen LogP contribution in [0.15, 0.2) is 47.8 Å². The van der Waals surface area contributed by atoms with Crippen LogP contribution >= 0.6 is 11.3 Å². The molecule has 0 spiro atoms. The molecule has 1 aromatic heterocycles. The lowest BCUT2D eigenvalue weighted by atomic mass is 10.1. The van der Waals surface area contributed by atoms with Gasteiger partial charge in [-0.3, -0.25) is 9.80 Å². The van der Waals surface area contributed by atoms with E-state index < -0.39 is 0 Å². The SMILES string of the molecule is NC(=O)N(CCCCN1CCN(c2cccc3c2OCCCC3)CC1)c1csc2ccccc12. The number of piperazine rings is 1. The van der Waals surface area contributed by atoms with E-state index in [1.807, 2.05) is 17.5 Å². The molecule has 0 atom stereocenters. The van der Waals surface area contributed by atoms with Gasteiger partial charge in [0.1, 0.15) is 5.75 Å². The lowest BCUT2D eigenvalue weighted by Crippen LogP contribution is -2.47. The molecule has 6 nitrogen and oxygen atoms in total. The molecule has 7 heteroatoms. The van der Waals surface area contributed by atoms with E-state index in [0.717, 1.165) is 81.8 Å². The van der Waals surface area contributed by atoms with Gasteiger partial charge < -0.3 is 15.4 Å². The molecule has 2 N–H and O–H groups in total. The van der Waals surface area contributed by atoms with Crippen molar-refractivity contribution in [3.05, 3.63) is 53.4 Å². The van der Waals surface area contributed by atoms with Crippen molar-refractivity contribution < 1.29 is 9.53 Å². The predicted octanol–water partition coefficient (Wildman–Crippen LogP) is 5.10. The molecule has 1 saturated heterocycles. The first-order chi connectivity index (χ1) is 16.7. The molecule has 2 aliphatic heterocycles. The number of para-hydroxylation sites is 1. The quantitative estimate of drug-likeness (QED) is 0.480. The number of nitrogens with zero attached hydrogens (tertiary/aromatic N) is 3. The van der Waals surface area contributed by atoms with Crippen LogP contribution in [0.3, 0.4) is 0 Å². The van der Waals surface area contributed by atoms with Crippen LogP contribution in [0, 0.1) is 0 Å². The van der Waals surface area contributed by atoms with Gasteiger partial charge in [0.25, 0.3) is 0 Å². The Balaban J connectivity index is 1.11. The van der Waals surface area contributed by atoms with Crippen LogP contribution in [0.2, 0.25) is 0 Å². The summed E-state index contributed by atoms with van der Waals surface area (Å²) < 4.78 is 7.32. The number of carbonyl (C=O) groups excluding carboxylic acids is 1. The number of ether oxygens (including phenoxy) is 1. The number of thiophene rings is 1. The third-order valence-electron chi connectivity index (χ3n) is 7.00. The number of hydrogen-bond acceptors (Lipinski definition) is 5. The van der Waals surface area contributed by atoms with Crippen molar-refractivity contribution in [1.82, 2.24) is 4.90 Å². The average Bonchev–Trinajstić information content (AvgIpc) is 3.12. The van der Waals surface area contributed by atoms with Crippen molar-refractivity contribution in [2.75, 3.05) is 55.7 Å². The summed E-state index contributed by atoms with van der Waals surface area (Å²) in [5.41, 5.74) is 9.29. The van der Waals surface area contributed by atoms with Crippen LogP contribution < -0.4 is 20.3 Å². The average molecular weight is 479 g/mol. The smallest absolute Gasteiger partial charge is 0.319 e. The van der Waals surface area contributed by atoms with Crippen LogP contribution in [0.5, 0.6) is 5.75 Å². The fourth-order valence-corrected chi connectivity index (χ4v) is 6.06. The lowest BCUT2D eigenvalue weighted by molar-refractivity contribution is 0.248. The van der Waals surface area contributed by atoms with E-state index in [-0.39, 0.29) is 6.03 Å². The first-order valence-electron chi connectivity index (χ1n) is 12.5. The summed E-state index contributed by atoms with van der Waals surface area (Å²) in [4.78, 5) is 18.9. The molecule has 2 aromatic carbocycles. The highest BCUT2D eigenvalue weighted by atomic mass is 32.1. The molecule has 3 aromatic rings. The normalized spacial score (nSPS) is 16.6. The fraction of sp³-hybridized carbons (Fsp3) is 0.444. The maximum atomic E-state index is 12.2. The summed E-state index contributed by atoms with van der Waals surface area (Å²) in [7, 11) is 0. The standard InChI is InChI=1S/C27H34N4O2S/c28-27(32)31(24-20-34-25-12-2-1-10-22(24)25)14-5-4-13-29-15-17-30(18-16-29)23-11-7-9-21-8-3-6-19-33-26(21)23/h1-2,7,9-12,20H,3-6,8,13-19H2,(H2,28,32). The van der Waals surface area contributed by atoms with Gasteiger partial charge in [-0.2, -0.15) is 0 Å². The Kier molecular flexibility index (Phi) is 7.21. The number of hydrogen-bond donors (Lipinski definition) is 1. The van der Waals surface area contributed by atoms with E-state index in [9.17, 15) is 4.79 Å². The molecule has 1 fully saturated rings. The van der Waals surface area contributed by atoms with Crippen molar-refractivity contribution in [3.63, 3.8) is 0 Å². The van der Waals surface area contributed by atoms with Crippen LogP contribution in [-0.4, -0.2) is 56.8 Å². The Hall–Kier alpha value is -2.77. The van der Waals surface area contributed by atoms with Gasteiger partial charge in [0, 0.05) is 48.2 Å². The van der Waals surface area contributed by atoms with E-state index in [1.54, 1.807) is 16.2 Å². The van der Waals surface area contributed by atoms with E-state index in [0.29, 0.717) is 6.54 Å². The van der Waals surface area contributed by atoms with Crippen molar-refractivity contribution in [2.45, 2.75) is 32.1 Å². The summed E-state index contributed by atoms with van der Waals surface area (Å²) >= 11 is 1.66. The molecule has 180 valence electrons. The number of aryl methyl sites for hydroxylation is 1. The number of fused-ring (bicyclic) bond motifs is 2. The Morgan fingerprint density at radius 2 is 1.88 bits per heavy atom. The van der Waals surface area contributed by atoms with Crippen LogP contribution in [0.4, 0.5) is 16.2 Å². The maximum Gasteiger partial charge on any atom is 0.319 e. The Bertz CT molecular complexity index is 1120. The van der Waals surface area contributed by atoms with Crippen molar-refractivity contribution in [2.24, 2.45) is 5.73 Å². The minimum Gasteiger partial charge on any atom is -0.491 e. The number of nitrogens with two attached hydrogens (primary N) is 1. The molecular formula is C27H34N4O2S. The lowest BCUT2D eigenvalue weighted by Gasteiger charge is -2.37. The second-order valence-corrected chi connectivity index (χ2v) is 10.1. The highest BCUT2D eigenvalue weighted by molar-refractivity contribution is 7.17. The molecule has 0 bridgehead atoms. The number of primary amides is 1. The molecule has 5 rings (SSSR count). The first kappa shape index (κ1) is 23.0. The zero-order chi connectivity index (χ0) is 23.3. The molecule has 0 radical (unpaired) electrons. The van der Waals surface area contributed by atoms with Gasteiger partial charge in [-0.1, -0.05) is 30.3 Å². The zero-order valence-electron chi connectivity index (χ0n) is 19.7. The Morgan fingerprint density at radius 3 is 2.74 bits per heavy atom. The number of benzene rings is 2. The number of amides is 2. The molecule has 34 heavy (non-hydrogen) atoms. The highest BCUT2D eigenvalue weighted by Gasteiger charge is 2.22. The highest BCUT2D eigenvalue weighted by Crippen LogP contribution is 2.36. The second kappa shape index (κ2) is 10.7. The van der Waals surface area contributed by atoms with Crippen molar-refractivity contribution >= 4 is 38.8 Å². The first-order valence-corrected chi connectivity index (χ1v) is 13.3. The van der Waals surface area contributed by atoms with Gasteiger partial charge in [0.15, 0.2) is 0 Å². The number of rotatable bonds is 7. The van der Waals surface area contributed by atoms with Crippen molar-refractivity contribution in [3.8, 4) is 5.75 Å². The molecule has 0 aliphatic carbocycles. The Morgan fingerprint density at radius 1 is 1.03 bits per heavy atom. The second-order valence-electron chi connectivity index (χ2n) is 9.21. The van der Waals surface area contributed by atoms with Gasteiger partial charge >= 0.3 is 6.03 Å². The van der Waals surface area contributed by atoms with E-state index in [2.05, 4.69) is 40.1 Å². The predicted molar refractivity (Wildman–Crippen MR) is 142 cm³/mol. The summed E-state index contributed by atoms with van der Waals surface area (Å²) in [6, 6.07) is 14.4. The number of anilines is 2. The van der Waals surface area contributed by atoms with Gasteiger partial charge in [0.05, 0.1) is 18.0 Å². The number of urea groups is 1. The van der Waals surface area contributed by atoms with Crippen LogP contribution in [0.1, 0.15) is 31.2 Å². The maximum absolute atomic E-state index is 12.2. The molecule has 0 saturated carbocycles. The summed E-state index contributed by atoms with van der Waals surface area (Å²) in [6.45, 7) is 6.68. The monoisotopic (exact) mass is 478 g/mol. The molecule has 2 amide bonds. The van der Waals surface area contributed by atoms with Gasteiger partial charge in [-0.05, 0) is 56.3 Å².